The van der Waals surface area contributed by atoms with Crippen LogP contribution in [0.1, 0.15) is 24.1 Å². The molecular formula is C25H18FN3O2S2. The predicted octanol–water partition coefficient (Wildman–Crippen LogP) is 4.07. The lowest BCUT2D eigenvalue weighted by atomic mass is 9.95. The molecule has 5 nitrogen and oxygen atoms in total. The molecule has 5 rings (SSSR count). The molecular weight excluding hydrogens is 457 g/mol. The average molecular weight is 476 g/mol. The van der Waals surface area contributed by atoms with E-state index in [1.807, 2.05) is 41.1 Å². The number of carbonyl (C=O) groups is 1. The zero-order valence-electron chi connectivity index (χ0n) is 17.5. The first-order valence-electron chi connectivity index (χ1n) is 10.2. The van der Waals surface area contributed by atoms with Gasteiger partial charge >= 0.3 is 0 Å². The van der Waals surface area contributed by atoms with Gasteiger partial charge in [0.05, 0.1) is 21.8 Å². The van der Waals surface area contributed by atoms with Crippen molar-refractivity contribution in [3.63, 3.8) is 0 Å². The molecule has 0 saturated heterocycles. The molecule has 0 radical (unpaired) electrons. The van der Waals surface area contributed by atoms with Crippen LogP contribution in [-0.2, 0) is 4.79 Å². The molecule has 1 aliphatic heterocycles. The number of thiophene rings is 1. The summed E-state index contributed by atoms with van der Waals surface area (Å²) in [5.74, 6) is -0.747. The van der Waals surface area contributed by atoms with Crippen LogP contribution in [-0.4, -0.2) is 10.5 Å². The summed E-state index contributed by atoms with van der Waals surface area (Å²) in [6.45, 7) is 1.76. The van der Waals surface area contributed by atoms with Crippen molar-refractivity contribution >= 4 is 40.3 Å². The maximum Gasteiger partial charge on any atom is 0.271 e. The number of rotatable bonds is 4. The standard InChI is InChI=1S/C25H18FN3O2S2/c1-15-21(23(30)28-19-5-3-2-4-6-19)22(17-7-9-18(26)10-8-17)29-24(31)20(33-25(29)27-15)13-16-11-12-32-14-16/h2-14,22H,1H3,(H,28,30)/t22-/m1/s1. The van der Waals surface area contributed by atoms with Crippen molar-refractivity contribution in [3.8, 4) is 0 Å². The van der Waals surface area contributed by atoms with Gasteiger partial charge in [0.25, 0.3) is 11.5 Å². The number of fused-ring (bicyclic) bond motifs is 1. The minimum atomic E-state index is -0.727. The quantitative estimate of drug-likeness (QED) is 0.484. The molecule has 0 saturated carbocycles. The Morgan fingerprint density at radius 1 is 1.12 bits per heavy atom. The second-order valence-electron chi connectivity index (χ2n) is 7.51. The third kappa shape index (κ3) is 4.10. The highest BCUT2D eigenvalue weighted by atomic mass is 32.1. The first-order valence-corrected chi connectivity index (χ1v) is 11.9. The number of halogens is 1. The average Bonchev–Trinajstić information content (AvgIpc) is 3.42. The summed E-state index contributed by atoms with van der Waals surface area (Å²) >= 11 is 2.82. The van der Waals surface area contributed by atoms with Gasteiger partial charge in [-0.3, -0.25) is 14.2 Å². The number of anilines is 1. The van der Waals surface area contributed by atoms with Crippen molar-refractivity contribution in [2.75, 3.05) is 5.32 Å². The van der Waals surface area contributed by atoms with E-state index in [2.05, 4.69) is 10.3 Å². The Morgan fingerprint density at radius 2 is 1.88 bits per heavy atom. The molecule has 8 heteroatoms. The Balaban J connectivity index is 1.68. The minimum Gasteiger partial charge on any atom is -0.322 e. The third-order valence-electron chi connectivity index (χ3n) is 5.32. The van der Waals surface area contributed by atoms with Gasteiger partial charge in [0.2, 0.25) is 0 Å². The zero-order chi connectivity index (χ0) is 22.9. The number of para-hydroxylation sites is 1. The van der Waals surface area contributed by atoms with Crippen molar-refractivity contribution in [2.45, 2.75) is 13.0 Å². The van der Waals surface area contributed by atoms with E-state index in [9.17, 15) is 14.0 Å². The normalized spacial score (nSPS) is 15.8. The van der Waals surface area contributed by atoms with E-state index in [4.69, 9.17) is 0 Å². The molecule has 2 aromatic heterocycles. The van der Waals surface area contributed by atoms with E-state index in [0.717, 1.165) is 5.56 Å². The monoisotopic (exact) mass is 475 g/mol. The van der Waals surface area contributed by atoms with Gasteiger partial charge in [0, 0.05) is 5.69 Å². The molecule has 0 aliphatic carbocycles. The van der Waals surface area contributed by atoms with Crippen molar-refractivity contribution in [1.82, 2.24) is 4.57 Å². The lowest BCUT2D eigenvalue weighted by molar-refractivity contribution is -0.113. The van der Waals surface area contributed by atoms with E-state index >= 15 is 0 Å². The number of nitrogens with zero attached hydrogens (tertiary/aromatic N) is 2. The van der Waals surface area contributed by atoms with Crippen molar-refractivity contribution in [3.05, 3.63) is 119 Å². The highest BCUT2D eigenvalue weighted by molar-refractivity contribution is 7.08. The van der Waals surface area contributed by atoms with Crippen LogP contribution in [0.4, 0.5) is 10.1 Å². The second kappa shape index (κ2) is 8.73. The summed E-state index contributed by atoms with van der Waals surface area (Å²) < 4.78 is 15.7. The fourth-order valence-corrected chi connectivity index (χ4v) is 5.47. The van der Waals surface area contributed by atoms with E-state index < -0.39 is 6.04 Å². The number of aromatic nitrogens is 1. The molecule has 3 heterocycles. The number of benzene rings is 2. The van der Waals surface area contributed by atoms with Crippen LogP contribution in [0, 0.1) is 5.82 Å². The molecule has 0 spiro atoms. The van der Waals surface area contributed by atoms with Crippen LogP contribution in [0.25, 0.3) is 6.08 Å². The van der Waals surface area contributed by atoms with Crippen LogP contribution in [0.15, 0.2) is 92.5 Å². The van der Waals surface area contributed by atoms with Gasteiger partial charge in [0.15, 0.2) is 4.80 Å². The lowest BCUT2D eigenvalue weighted by Gasteiger charge is -2.25. The number of amides is 1. The molecule has 1 amide bonds. The number of carbonyl (C=O) groups excluding carboxylic acids is 1. The fraction of sp³-hybridized carbons (Fsp3) is 0.0800. The molecule has 4 aromatic rings. The van der Waals surface area contributed by atoms with Gasteiger partial charge in [-0.2, -0.15) is 11.3 Å². The first kappa shape index (κ1) is 21.2. The summed E-state index contributed by atoms with van der Waals surface area (Å²) in [6, 6.07) is 16.2. The molecule has 164 valence electrons. The number of hydrogen-bond donors (Lipinski definition) is 1. The maximum absolute atomic E-state index is 13.7. The Kier molecular flexibility index (Phi) is 5.62. The van der Waals surface area contributed by atoms with E-state index in [0.29, 0.717) is 31.9 Å². The molecule has 0 fully saturated rings. The summed E-state index contributed by atoms with van der Waals surface area (Å²) in [5.41, 5.74) is 2.82. The molecule has 2 aromatic carbocycles. The summed E-state index contributed by atoms with van der Waals surface area (Å²) in [6.07, 6.45) is 1.82. The molecule has 0 unspecified atom stereocenters. The summed E-state index contributed by atoms with van der Waals surface area (Å²) in [4.78, 5) is 32.0. The minimum absolute atomic E-state index is 0.239. The SMILES string of the molecule is CC1=C(C(=O)Nc2ccccc2)[C@@H](c2ccc(F)cc2)n2c(sc(=Cc3ccsc3)c2=O)=N1. The Morgan fingerprint density at radius 3 is 2.58 bits per heavy atom. The molecule has 33 heavy (non-hydrogen) atoms. The van der Waals surface area contributed by atoms with Crippen molar-refractivity contribution < 1.29 is 9.18 Å². The van der Waals surface area contributed by atoms with E-state index in [1.165, 1.54) is 28.0 Å². The molecule has 1 aliphatic rings. The maximum atomic E-state index is 13.7. The van der Waals surface area contributed by atoms with Gasteiger partial charge in [-0.05, 0) is 65.2 Å². The molecule has 0 bridgehead atoms. The van der Waals surface area contributed by atoms with Crippen molar-refractivity contribution in [1.29, 1.82) is 0 Å². The number of allylic oxidation sites excluding steroid dienone is 1. The van der Waals surface area contributed by atoms with Crippen LogP contribution < -0.4 is 20.2 Å². The van der Waals surface area contributed by atoms with Gasteiger partial charge in [-0.25, -0.2) is 9.38 Å². The number of thiazole rings is 1. The number of hydrogen-bond acceptors (Lipinski definition) is 5. The topological polar surface area (TPSA) is 63.5 Å². The van der Waals surface area contributed by atoms with Gasteiger partial charge in [-0.1, -0.05) is 41.7 Å². The second-order valence-corrected chi connectivity index (χ2v) is 9.30. The van der Waals surface area contributed by atoms with Crippen molar-refractivity contribution in [2.24, 2.45) is 4.99 Å². The van der Waals surface area contributed by atoms with Gasteiger partial charge in [0.1, 0.15) is 5.82 Å². The van der Waals surface area contributed by atoms with Gasteiger partial charge < -0.3 is 5.32 Å². The predicted molar refractivity (Wildman–Crippen MR) is 130 cm³/mol. The highest BCUT2D eigenvalue weighted by Gasteiger charge is 2.32. The Labute approximate surface area is 196 Å². The smallest absolute Gasteiger partial charge is 0.271 e. The summed E-state index contributed by atoms with van der Waals surface area (Å²) in [7, 11) is 0. The van der Waals surface area contributed by atoms with Crippen LogP contribution in [0.2, 0.25) is 0 Å². The van der Waals surface area contributed by atoms with Crippen LogP contribution >= 0.6 is 22.7 Å². The fourth-order valence-electron chi connectivity index (χ4n) is 3.80. The largest absolute Gasteiger partial charge is 0.322 e. The Bertz CT molecular complexity index is 1530. The number of nitrogens with one attached hydrogen (secondary N) is 1. The van der Waals surface area contributed by atoms with E-state index in [1.54, 1.807) is 42.5 Å². The highest BCUT2D eigenvalue weighted by Crippen LogP contribution is 2.30. The molecule has 1 N–H and O–H groups in total. The lowest BCUT2D eigenvalue weighted by Crippen LogP contribution is -2.40. The first-order chi connectivity index (χ1) is 16.0. The molecule has 1 atom stereocenters. The Hall–Kier alpha value is -3.62. The van der Waals surface area contributed by atoms with Gasteiger partial charge in [-0.15, -0.1) is 0 Å². The summed E-state index contributed by atoms with van der Waals surface area (Å²) in [5, 5.41) is 6.80. The third-order valence-corrected chi connectivity index (χ3v) is 7.01. The zero-order valence-corrected chi connectivity index (χ0v) is 19.1. The van der Waals surface area contributed by atoms with Crippen LogP contribution in [0.5, 0.6) is 0 Å². The van der Waals surface area contributed by atoms with Crippen LogP contribution in [0.3, 0.4) is 0 Å². The van der Waals surface area contributed by atoms with E-state index in [-0.39, 0.29) is 17.3 Å².